The Morgan fingerprint density at radius 1 is 1.12 bits per heavy atom. The molecule has 1 aromatic heterocycles. The highest BCUT2D eigenvalue weighted by Gasteiger charge is 2.32. The van der Waals surface area contributed by atoms with Gasteiger partial charge in [-0.25, -0.2) is 9.97 Å². The van der Waals surface area contributed by atoms with Crippen LogP contribution in [-0.4, -0.2) is 47.6 Å². The van der Waals surface area contributed by atoms with Crippen LogP contribution in [-0.2, 0) is 6.18 Å². The van der Waals surface area contributed by atoms with E-state index in [1.165, 1.54) is 0 Å². The predicted molar refractivity (Wildman–Crippen MR) is 95.8 cm³/mol. The quantitative estimate of drug-likeness (QED) is 0.895. The molecule has 2 heterocycles. The van der Waals surface area contributed by atoms with Crippen molar-refractivity contribution in [1.29, 1.82) is 0 Å². The molecule has 1 aromatic carbocycles. The average Bonchev–Trinajstić information content (AvgIpc) is 2.63. The summed E-state index contributed by atoms with van der Waals surface area (Å²) in [6.07, 6.45) is -3.38. The number of aryl methyl sites for hydroxylation is 1. The largest absolute Gasteiger partial charge is 0.433 e. The van der Waals surface area contributed by atoms with Crippen LogP contribution in [0.2, 0.25) is 0 Å². The summed E-state index contributed by atoms with van der Waals surface area (Å²) in [5, 5.41) is 2.88. The molecule has 0 radical (unpaired) electrons. The number of anilines is 3. The number of rotatable bonds is 4. The lowest BCUT2D eigenvalue weighted by molar-refractivity contribution is -0.141. The molecule has 5 nitrogen and oxygen atoms in total. The van der Waals surface area contributed by atoms with E-state index in [1.54, 1.807) is 0 Å². The van der Waals surface area contributed by atoms with Gasteiger partial charge in [-0.3, -0.25) is 0 Å². The third-order valence-electron chi connectivity index (χ3n) is 4.59. The number of alkyl halides is 3. The van der Waals surface area contributed by atoms with Crippen molar-refractivity contribution >= 4 is 17.3 Å². The summed E-state index contributed by atoms with van der Waals surface area (Å²) in [5.41, 5.74) is 1.79. The lowest BCUT2D eigenvalue weighted by atomic mass is 10.1. The minimum Gasteiger partial charge on any atom is -0.369 e. The highest BCUT2D eigenvalue weighted by Crippen LogP contribution is 2.29. The highest BCUT2D eigenvalue weighted by atomic mass is 19.4. The zero-order valence-electron chi connectivity index (χ0n) is 14.8. The number of piperazine rings is 1. The second-order valence-electron chi connectivity index (χ2n) is 6.31. The van der Waals surface area contributed by atoms with Crippen molar-refractivity contribution in [2.75, 3.05) is 42.9 Å². The Morgan fingerprint density at radius 2 is 1.85 bits per heavy atom. The Balaban J connectivity index is 1.72. The van der Waals surface area contributed by atoms with Crippen molar-refractivity contribution in [3.8, 4) is 0 Å². The third-order valence-corrected chi connectivity index (χ3v) is 4.59. The Bertz CT molecular complexity index is 755. The van der Waals surface area contributed by atoms with Gasteiger partial charge in [0.15, 0.2) is 0 Å². The van der Waals surface area contributed by atoms with Crippen LogP contribution in [0, 0.1) is 6.92 Å². The summed E-state index contributed by atoms with van der Waals surface area (Å²) >= 11 is 0. The Kier molecular flexibility index (Phi) is 5.31. The van der Waals surface area contributed by atoms with Crippen molar-refractivity contribution in [3.05, 3.63) is 41.7 Å². The highest BCUT2D eigenvalue weighted by molar-refractivity contribution is 5.64. The fraction of sp³-hybridized carbons (Fsp3) is 0.444. The van der Waals surface area contributed by atoms with Crippen molar-refractivity contribution in [2.24, 2.45) is 0 Å². The first-order chi connectivity index (χ1) is 12.4. The fourth-order valence-corrected chi connectivity index (χ4v) is 3.00. The van der Waals surface area contributed by atoms with Gasteiger partial charge < -0.3 is 15.1 Å². The molecule has 0 unspecified atom stereocenters. The van der Waals surface area contributed by atoms with Gasteiger partial charge in [-0.15, -0.1) is 0 Å². The molecule has 140 valence electrons. The second-order valence-corrected chi connectivity index (χ2v) is 6.31. The van der Waals surface area contributed by atoms with Gasteiger partial charge in [0.2, 0.25) is 5.95 Å². The third kappa shape index (κ3) is 4.24. The molecule has 26 heavy (non-hydrogen) atoms. The van der Waals surface area contributed by atoms with E-state index in [0.717, 1.165) is 56.2 Å². The van der Waals surface area contributed by atoms with Crippen LogP contribution in [0.3, 0.4) is 0 Å². The molecule has 0 bridgehead atoms. The first-order valence-corrected chi connectivity index (χ1v) is 8.62. The van der Waals surface area contributed by atoms with Crippen LogP contribution in [0.1, 0.15) is 18.2 Å². The van der Waals surface area contributed by atoms with Crippen LogP contribution >= 0.6 is 0 Å². The summed E-state index contributed by atoms with van der Waals surface area (Å²) in [5.74, 6) is -0.0627. The lowest BCUT2D eigenvalue weighted by Crippen LogP contribution is -2.46. The van der Waals surface area contributed by atoms with Gasteiger partial charge in [0.1, 0.15) is 5.69 Å². The van der Waals surface area contributed by atoms with Crippen molar-refractivity contribution in [1.82, 2.24) is 14.9 Å². The summed E-state index contributed by atoms with van der Waals surface area (Å²) in [4.78, 5) is 12.2. The van der Waals surface area contributed by atoms with Gasteiger partial charge in [-0.05, 0) is 43.3 Å². The van der Waals surface area contributed by atoms with E-state index in [4.69, 9.17) is 0 Å². The molecule has 1 N–H and O–H groups in total. The molecule has 1 saturated heterocycles. The molecule has 1 aliphatic heterocycles. The molecule has 2 aromatic rings. The maximum absolute atomic E-state index is 12.8. The molecule has 1 aliphatic rings. The van der Waals surface area contributed by atoms with E-state index in [2.05, 4.69) is 32.0 Å². The zero-order valence-corrected chi connectivity index (χ0v) is 14.8. The van der Waals surface area contributed by atoms with Crippen molar-refractivity contribution in [3.63, 3.8) is 0 Å². The predicted octanol–water partition coefficient (Wildman–Crippen LogP) is 3.69. The molecule has 0 amide bonds. The number of hydrogen-bond donors (Lipinski definition) is 1. The molecule has 0 atom stereocenters. The molecule has 3 rings (SSSR count). The maximum Gasteiger partial charge on any atom is 0.433 e. The SMILES string of the molecule is CCN1CCN(c2ccc(Nc3nccc(C(F)(F)F)n3)c(C)c2)CC1. The Labute approximate surface area is 150 Å². The van der Waals surface area contributed by atoms with E-state index in [9.17, 15) is 13.2 Å². The lowest BCUT2D eigenvalue weighted by Gasteiger charge is -2.35. The van der Waals surface area contributed by atoms with Crippen molar-refractivity contribution < 1.29 is 13.2 Å². The summed E-state index contributed by atoms with van der Waals surface area (Å²) < 4.78 is 38.3. The topological polar surface area (TPSA) is 44.3 Å². The summed E-state index contributed by atoms with van der Waals surface area (Å²) in [6, 6.07) is 6.74. The monoisotopic (exact) mass is 365 g/mol. The Hall–Kier alpha value is -2.35. The van der Waals surface area contributed by atoms with Crippen LogP contribution in [0.5, 0.6) is 0 Å². The normalized spacial score (nSPS) is 16.0. The van der Waals surface area contributed by atoms with Gasteiger partial charge in [-0.2, -0.15) is 13.2 Å². The van der Waals surface area contributed by atoms with Crippen molar-refractivity contribution in [2.45, 2.75) is 20.0 Å². The van der Waals surface area contributed by atoms with Crippen LogP contribution < -0.4 is 10.2 Å². The second kappa shape index (κ2) is 7.49. The summed E-state index contributed by atoms with van der Waals surface area (Å²) in [7, 11) is 0. The number of nitrogens with zero attached hydrogens (tertiary/aromatic N) is 4. The molecule has 8 heteroatoms. The number of likely N-dealkylation sites (N-methyl/N-ethyl adjacent to an activating group) is 1. The first-order valence-electron chi connectivity index (χ1n) is 8.62. The van der Waals surface area contributed by atoms with E-state index < -0.39 is 11.9 Å². The van der Waals surface area contributed by atoms with Gasteiger partial charge in [-0.1, -0.05) is 6.92 Å². The van der Waals surface area contributed by atoms with Gasteiger partial charge >= 0.3 is 6.18 Å². The van der Waals surface area contributed by atoms with Gasteiger partial charge in [0.25, 0.3) is 0 Å². The summed E-state index contributed by atoms with van der Waals surface area (Å²) in [6.45, 7) is 9.15. The average molecular weight is 365 g/mol. The zero-order chi connectivity index (χ0) is 18.7. The number of halogens is 3. The first kappa shape index (κ1) is 18.4. The van der Waals surface area contributed by atoms with E-state index in [-0.39, 0.29) is 5.95 Å². The van der Waals surface area contributed by atoms with Gasteiger partial charge in [0, 0.05) is 43.8 Å². The number of benzene rings is 1. The molecule has 0 aliphatic carbocycles. The van der Waals surface area contributed by atoms with E-state index in [0.29, 0.717) is 5.69 Å². The fourth-order valence-electron chi connectivity index (χ4n) is 3.00. The van der Waals surface area contributed by atoms with E-state index in [1.807, 2.05) is 25.1 Å². The van der Waals surface area contributed by atoms with Crippen LogP contribution in [0.25, 0.3) is 0 Å². The molecule has 0 spiro atoms. The smallest absolute Gasteiger partial charge is 0.369 e. The standard InChI is InChI=1S/C18H22F3N5/c1-3-25-8-10-26(11-9-25)14-4-5-15(13(2)12-14)23-17-22-7-6-16(24-17)18(19,20)21/h4-7,12H,3,8-11H2,1-2H3,(H,22,23,24). The molecular weight excluding hydrogens is 343 g/mol. The minimum atomic E-state index is -4.49. The molecular formula is C18H22F3N5. The minimum absolute atomic E-state index is 0.0627. The maximum atomic E-state index is 12.8. The number of nitrogens with one attached hydrogen (secondary N) is 1. The number of aromatic nitrogens is 2. The van der Waals surface area contributed by atoms with E-state index >= 15 is 0 Å². The molecule has 0 saturated carbocycles. The number of hydrogen-bond acceptors (Lipinski definition) is 5. The molecule has 1 fully saturated rings. The van der Waals surface area contributed by atoms with Gasteiger partial charge in [0.05, 0.1) is 0 Å². The van der Waals surface area contributed by atoms with Crippen LogP contribution in [0.4, 0.5) is 30.5 Å². The van der Waals surface area contributed by atoms with Crippen LogP contribution in [0.15, 0.2) is 30.5 Å². The Morgan fingerprint density at radius 3 is 2.46 bits per heavy atom.